The lowest BCUT2D eigenvalue weighted by Gasteiger charge is -2.29. The molecule has 1 amide bonds. The molecule has 0 bridgehead atoms. The van der Waals surface area contributed by atoms with Crippen molar-refractivity contribution in [3.8, 4) is 0 Å². The Morgan fingerprint density at radius 2 is 2.00 bits per heavy atom. The molecule has 0 radical (unpaired) electrons. The molecule has 134 valence electrons. The van der Waals surface area contributed by atoms with Crippen LogP contribution in [0, 0.1) is 5.82 Å². The SMILES string of the molecule is O=C(CN1CCCC1C(O)C(F)(F)F)NCCc1ccc(F)cc1. The number of carbonyl (C=O) groups excluding carboxylic acids is 1. The number of amides is 1. The fourth-order valence-electron chi connectivity index (χ4n) is 2.86. The summed E-state index contributed by atoms with van der Waals surface area (Å²) in [6.45, 7) is 0.481. The summed E-state index contributed by atoms with van der Waals surface area (Å²) in [6, 6.07) is 4.79. The minimum absolute atomic E-state index is 0.179. The Bertz CT molecular complexity index is 548. The van der Waals surface area contributed by atoms with Gasteiger partial charge >= 0.3 is 6.18 Å². The molecule has 1 aliphatic heterocycles. The number of alkyl halides is 3. The van der Waals surface area contributed by atoms with Gasteiger partial charge < -0.3 is 10.4 Å². The highest BCUT2D eigenvalue weighted by atomic mass is 19.4. The molecule has 1 heterocycles. The number of hydrogen-bond donors (Lipinski definition) is 2. The van der Waals surface area contributed by atoms with Gasteiger partial charge in [0.2, 0.25) is 5.91 Å². The smallest absolute Gasteiger partial charge is 0.382 e. The average Bonchev–Trinajstić information content (AvgIpc) is 2.95. The third-order valence-electron chi connectivity index (χ3n) is 4.11. The average molecular weight is 348 g/mol. The van der Waals surface area contributed by atoms with Gasteiger partial charge in [0.15, 0.2) is 6.10 Å². The Hall–Kier alpha value is -1.67. The van der Waals surface area contributed by atoms with E-state index in [1.165, 1.54) is 17.0 Å². The Labute approximate surface area is 137 Å². The number of nitrogens with zero attached hydrogens (tertiary/aromatic N) is 1. The summed E-state index contributed by atoms with van der Waals surface area (Å²) in [4.78, 5) is 13.3. The molecule has 0 aliphatic carbocycles. The number of hydrogen-bond acceptors (Lipinski definition) is 3. The van der Waals surface area contributed by atoms with E-state index >= 15 is 0 Å². The minimum Gasteiger partial charge on any atom is -0.382 e. The van der Waals surface area contributed by atoms with Gasteiger partial charge in [-0.2, -0.15) is 13.2 Å². The van der Waals surface area contributed by atoms with Crippen LogP contribution < -0.4 is 5.32 Å². The molecular weight excluding hydrogens is 328 g/mol. The third kappa shape index (κ3) is 5.17. The molecular formula is C16H20F4N2O2. The van der Waals surface area contributed by atoms with Crippen molar-refractivity contribution in [3.05, 3.63) is 35.6 Å². The van der Waals surface area contributed by atoms with Crippen molar-refractivity contribution in [2.75, 3.05) is 19.6 Å². The second-order valence-electron chi connectivity index (χ2n) is 5.89. The standard InChI is InChI=1S/C16H20F4N2O2/c17-12-5-3-11(4-6-12)7-8-21-14(23)10-22-9-1-2-13(22)15(24)16(18,19)20/h3-6,13,15,24H,1-2,7-10H2,(H,21,23). The van der Waals surface area contributed by atoms with E-state index < -0.39 is 24.2 Å². The molecule has 2 rings (SSSR count). The number of aliphatic hydroxyl groups is 1. The van der Waals surface area contributed by atoms with Crippen molar-refractivity contribution in [1.29, 1.82) is 0 Å². The molecule has 8 heteroatoms. The first kappa shape index (κ1) is 18.7. The van der Waals surface area contributed by atoms with E-state index in [-0.39, 0.29) is 18.8 Å². The summed E-state index contributed by atoms with van der Waals surface area (Å²) >= 11 is 0. The molecule has 24 heavy (non-hydrogen) atoms. The van der Waals surface area contributed by atoms with Crippen LogP contribution in [0.25, 0.3) is 0 Å². The van der Waals surface area contributed by atoms with E-state index in [0.717, 1.165) is 5.56 Å². The van der Waals surface area contributed by atoms with E-state index in [0.29, 0.717) is 25.9 Å². The van der Waals surface area contributed by atoms with Gasteiger partial charge in [-0.3, -0.25) is 9.69 Å². The molecule has 4 nitrogen and oxygen atoms in total. The zero-order chi connectivity index (χ0) is 17.7. The van der Waals surface area contributed by atoms with Crippen molar-refractivity contribution >= 4 is 5.91 Å². The summed E-state index contributed by atoms with van der Waals surface area (Å²) in [5.74, 6) is -0.732. The highest BCUT2D eigenvalue weighted by Gasteiger charge is 2.47. The third-order valence-corrected chi connectivity index (χ3v) is 4.11. The zero-order valence-electron chi connectivity index (χ0n) is 13.0. The summed E-state index contributed by atoms with van der Waals surface area (Å²) in [7, 11) is 0. The van der Waals surface area contributed by atoms with Gasteiger partial charge in [-0.25, -0.2) is 4.39 Å². The van der Waals surface area contributed by atoms with Crippen LogP contribution in [0.4, 0.5) is 17.6 Å². The lowest BCUT2D eigenvalue weighted by atomic mass is 10.1. The second kappa shape index (κ2) is 7.94. The van der Waals surface area contributed by atoms with Crippen molar-refractivity contribution < 1.29 is 27.5 Å². The normalized spacial score (nSPS) is 20.1. The van der Waals surface area contributed by atoms with Crippen LogP contribution >= 0.6 is 0 Å². The maximum absolute atomic E-state index is 12.8. The number of aliphatic hydroxyl groups excluding tert-OH is 1. The Kier molecular flexibility index (Phi) is 6.17. The van der Waals surface area contributed by atoms with E-state index in [2.05, 4.69) is 5.32 Å². The fraction of sp³-hybridized carbons (Fsp3) is 0.562. The lowest BCUT2D eigenvalue weighted by Crippen LogP contribution is -2.49. The van der Waals surface area contributed by atoms with Gasteiger partial charge in [0, 0.05) is 12.6 Å². The molecule has 1 aromatic rings. The van der Waals surface area contributed by atoms with Crippen LogP contribution in [0.2, 0.25) is 0 Å². The Morgan fingerprint density at radius 1 is 1.33 bits per heavy atom. The maximum Gasteiger partial charge on any atom is 0.415 e. The molecule has 1 fully saturated rings. The predicted molar refractivity (Wildman–Crippen MR) is 79.8 cm³/mol. The monoisotopic (exact) mass is 348 g/mol. The Balaban J connectivity index is 1.78. The molecule has 0 saturated carbocycles. The summed E-state index contributed by atoms with van der Waals surface area (Å²) < 4.78 is 50.7. The van der Waals surface area contributed by atoms with Crippen LogP contribution in [-0.4, -0.2) is 53.9 Å². The number of halogens is 4. The summed E-state index contributed by atoms with van der Waals surface area (Å²) in [5, 5.41) is 12.0. The Morgan fingerprint density at radius 3 is 2.62 bits per heavy atom. The number of benzene rings is 1. The molecule has 1 aliphatic rings. The van der Waals surface area contributed by atoms with Gasteiger partial charge in [-0.1, -0.05) is 12.1 Å². The highest BCUT2D eigenvalue weighted by molar-refractivity contribution is 5.78. The largest absolute Gasteiger partial charge is 0.415 e. The first-order valence-electron chi connectivity index (χ1n) is 7.77. The van der Waals surface area contributed by atoms with Gasteiger partial charge in [0.05, 0.1) is 6.54 Å². The molecule has 1 aromatic carbocycles. The number of nitrogens with one attached hydrogen (secondary N) is 1. The van der Waals surface area contributed by atoms with Gasteiger partial charge in [0.1, 0.15) is 5.82 Å². The van der Waals surface area contributed by atoms with E-state index in [9.17, 15) is 27.5 Å². The number of carbonyl (C=O) groups is 1. The van der Waals surface area contributed by atoms with E-state index in [1.807, 2.05) is 0 Å². The van der Waals surface area contributed by atoms with Crippen molar-refractivity contribution in [3.63, 3.8) is 0 Å². The highest BCUT2D eigenvalue weighted by Crippen LogP contribution is 2.30. The van der Waals surface area contributed by atoms with E-state index in [1.54, 1.807) is 12.1 Å². The molecule has 2 N–H and O–H groups in total. The van der Waals surface area contributed by atoms with Crippen LogP contribution in [0.15, 0.2) is 24.3 Å². The summed E-state index contributed by atoms with van der Waals surface area (Å²) in [6.07, 6.45) is -5.90. The lowest BCUT2D eigenvalue weighted by molar-refractivity contribution is -0.219. The second-order valence-corrected chi connectivity index (χ2v) is 5.89. The van der Waals surface area contributed by atoms with Gasteiger partial charge in [-0.05, 0) is 43.5 Å². The molecule has 0 aromatic heterocycles. The van der Waals surface area contributed by atoms with Crippen molar-refractivity contribution in [2.24, 2.45) is 0 Å². The number of likely N-dealkylation sites (tertiary alicyclic amines) is 1. The van der Waals surface area contributed by atoms with Crippen molar-refractivity contribution in [1.82, 2.24) is 10.2 Å². The van der Waals surface area contributed by atoms with Gasteiger partial charge in [-0.15, -0.1) is 0 Å². The topological polar surface area (TPSA) is 52.6 Å². The van der Waals surface area contributed by atoms with Crippen LogP contribution in [0.3, 0.4) is 0 Å². The maximum atomic E-state index is 12.8. The van der Waals surface area contributed by atoms with Crippen LogP contribution in [0.5, 0.6) is 0 Å². The van der Waals surface area contributed by atoms with Crippen LogP contribution in [0.1, 0.15) is 18.4 Å². The first-order valence-corrected chi connectivity index (χ1v) is 7.77. The molecule has 1 saturated heterocycles. The van der Waals surface area contributed by atoms with E-state index in [4.69, 9.17) is 0 Å². The first-order chi connectivity index (χ1) is 11.3. The zero-order valence-corrected chi connectivity index (χ0v) is 13.0. The summed E-state index contributed by atoms with van der Waals surface area (Å²) in [5.41, 5.74) is 0.850. The quantitative estimate of drug-likeness (QED) is 0.772. The molecule has 2 unspecified atom stereocenters. The van der Waals surface area contributed by atoms with Crippen molar-refractivity contribution in [2.45, 2.75) is 37.6 Å². The number of rotatable bonds is 6. The van der Waals surface area contributed by atoms with Crippen LogP contribution in [-0.2, 0) is 11.2 Å². The molecule has 2 atom stereocenters. The predicted octanol–water partition coefficient (Wildman–Crippen LogP) is 1.87. The fourth-order valence-corrected chi connectivity index (χ4v) is 2.86. The minimum atomic E-state index is -4.69. The molecule has 0 spiro atoms. The van der Waals surface area contributed by atoms with Gasteiger partial charge in [0.25, 0.3) is 0 Å².